The van der Waals surface area contributed by atoms with Crippen LogP contribution in [0.25, 0.3) is 0 Å². The Balaban J connectivity index is 1.98. The average Bonchev–Trinajstić information content (AvgIpc) is 3.12. The van der Waals surface area contributed by atoms with Gasteiger partial charge in [-0.25, -0.2) is 4.79 Å². The number of carbonyl (C=O) groups is 3. The van der Waals surface area contributed by atoms with Crippen molar-refractivity contribution in [3.05, 3.63) is 29.8 Å². The molecule has 25 heavy (non-hydrogen) atoms. The van der Waals surface area contributed by atoms with Crippen LogP contribution in [0.5, 0.6) is 0 Å². The Morgan fingerprint density at radius 2 is 1.88 bits per heavy atom. The monoisotopic (exact) mass is 366 g/mol. The Bertz CT molecular complexity index is 656. The van der Waals surface area contributed by atoms with Gasteiger partial charge in [-0.3, -0.25) is 9.59 Å². The lowest BCUT2D eigenvalue weighted by atomic mass is 10.1. The second-order valence-corrected chi connectivity index (χ2v) is 7.15. The number of amides is 2. The zero-order valence-corrected chi connectivity index (χ0v) is 14.8. The van der Waals surface area contributed by atoms with Gasteiger partial charge in [0.05, 0.1) is 17.9 Å². The van der Waals surface area contributed by atoms with Crippen LogP contribution in [-0.2, 0) is 9.59 Å². The first-order chi connectivity index (χ1) is 11.8. The number of hydrogen-bond donors (Lipinski definition) is 3. The summed E-state index contributed by atoms with van der Waals surface area (Å²) in [6, 6.07) is 6.81. The minimum absolute atomic E-state index is 0.0477. The number of carboxylic acids is 1. The molecule has 0 bridgehead atoms. The highest BCUT2D eigenvalue weighted by Crippen LogP contribution is 2.24. The molecule has 3 N–H and O–H groups in total. The van der Waals surface area contributed by atoms with Crippen molar-refractivity contribution in [1.82, 2.24) is 10.2 Å². The van der Waals surface area contributed by atoms with E-state index in [9.17, 15) is 19.5 Å². The van der Waals surface area contributed by atoms with Gasteiger partial charge in [0.25, 0.3) is 5.91 Å². The smallest absolute Gasteiger partial charge is 0.337 e. The predicted octanol–water partition coefficient (Wildman–Crippen LogP) is 0.967. The number of benzene rings is 1. The minimum Gasteiger partial charge on any atom is -0.479 e. The SMILES string of the molecule is CC(O)(CNC(=O)c1ccccc1SCC(=O)N1CCCC1)C(=O)O. The van der Waals surface area contributed by atoms with E-state index >= 15 is 0 Å². The molecule has 8 heteroatoms. The van der Waals surface area contributed by atoms with E-state index in [4.69, 9.17) is 5.11 Å². The van der Waals surface area contributed by atoms with E-state index in [-0.39, 0.29) is 11.7 Å². The van der Waals surface area contributed by atoms with Gasteiger partial charge < -0.3 is 20.4 Å². The number of rotatable bonds is 7. The van der Waals surface area contributed by atoms with Gasteiger partial charge in [0.2, 0.25) is 5.91 Å². The fourth-order valence-electron chi connectivity index (χ4n) is 2.40. The third-order valence-corrected chi connectivity index (χ3v) is 5.05. The van der Waals surface area contributed by atoms with Crippen molar-refractivity contribution in [2.45, 2.75) is 30.3 Å². The Morgan fingerprint density at radius 1 is 1.24 bits per heavy atom. The van der Waals surface area contributed by atoms with Crippen LogP contribution in [0.4, 0.5) is 0 Å². The first-order valence-electron chi connectivity index (χ1n) is 8.05. The first kappa shape index (κ1) is 19.3. The Hall–Kier alpha value is -2.06. The van der Waals surface area contributed by atoms with Crippen LogP contribution >= 0.6 is 11.8 Å². The van der Waals surface area contributed by atoms with E-state index in [0.717, 1.165) is 32.9 Å². The second kappa shape index (κ2) is 8.35. The molecule has 1 aromatic rings. The lowest BCUT2D eigenvalue weighted by Gasteiger charge is -2.19. The number of nitrogens with one attached hydrogen (secondary N) is 1. The zero-order chi connectivity index (χ0) is 18.4. The molecule has 1 aliphatic rings. The Kier molecular flexibility index (Phi) is 6.44. The maximum atomic E-state index is 12.3. The molecule has 0 radical (unpaired) electrons. The number of carboxylic acid groups (broad SMARTS) is 1. The van der Waals surface area contributed by atoms with Gasteiger partial charge in [0, 0.05) is 18.0 Å². The van der Waals surface area contributed by atoms with Crippen LogP contribution in [0.15, 0.2) is 29.2 Å². The van der Waals surface area contributed by atoms with Gasteiger partial charge in [0.15, 0.2) is 5.60 Å². The standard InChI is InChI=1S/C17H22N2O5S/c1-17(24,16(22)23)11-18-15(21)12-6-2-3-7-13(12)25-10-14(20)19-8-4-5-9-19/h2-3,6-7,24H,4-5,8-11H2,1H3,(H,18,21)(H,22,23). The number of hydrogen-bond acceptors (Lipinski definition) is 5. The van der Waals surface area contributed by atoms with E-state index in [1.807, 2.05) is 4.90 Å². The van der Waals surface area contributed by atoms with Gasteiger partial charge in [-0.1, -0.05) is 12.1 Å². The summed E-state index contributed by atoms with van der Waals surface area (Å²) in [5, 5.41) is 21.0. The van der Waals surface area contributed by atoms with Crippen molar-refractivity contribution in [2.24, 2.45) is 0 Å². The number of aliphatic hydroxyl groups is 1. The summed E-state index contributed by atoms with van der Waals surface area (Å²) in [6.07, 6.45) is 2.05. The maximum absolute atomic E-state index is 12.3. The third kappa shape index (κ3) is 5.20. The fourth-order valence-corrected chi connectivity index (χ4v) is 3.35. The largest absolute Gasteiger partial charge is 0.479 e. The van der Waals surface area contributed by atoms with E-state index in [1.54, 1.807) is 24.3 Å². The molecule has 1 heterocycles. The zero-order valence-electron chi connectivity index (χ0n) is 14.0. The van der Waals surface area contributed by atoms with Crippen LogP contribution in [0.2, 0.25) is 0 Å². The van der Waals surface area contributed by atoms with E-state index in [1.165, 1.54) is 11.8 Å². The van der Waals surface area contributed by atoms with Crippen molar-refractivity contribution in [3.63, 3.8) is 0 Å². The maximum Gasteiger partial charge on any atom is 0.337 e. The lowest BCUT2D eigenvalue weighted by molar-refractivity contribution is -0.155. The van der Waals surface area contributed by atoms with Crippen LogP contribution in [0, 0.1) is 0 Å². The molecule has 2 rings (SSSR count). The average molecular weight is 366 g/mol. The van der Waals surface area contributed by atoms with Crippen molar-refractivity contribution < 1.29 is 24.6 Å². The summed E-state index contributed by atoms with van der Waals surface area (Å²) in [7, 11) is 0. The van der Waals surface area contributed by atoms with E-state index < -0.39 is 24.0 Å². The van der Waals surface area contributed by atoms with Crippen LogP contribution < -0.4 is 5.32 Å². The molecule has 1 atom stereocenters. The molecular formula is C17H22N2O5S. The van der Waals surface area contributed by atoms with Gasteiger partial charge in [-0.2, -0.15) is 0 Å². The summed E-state index contributed by atoms with van der Waals surface area (Å²) >= 11 is 1.28. The van der Waals surface area contributed by atoms with Crippen molar-refractivity contribution in [3.8, 4) is 0 Å². The van der Waals surface area contributed by atoms with Crippen molar-refractivity contribution >= 4 is 29.5 Å². The molecule has 0 spiro atoms. The molecule has 2 amide bonds. The fraction of sp³-hybridized carbons (Fsp3) is 0.471. The topological polar surface area (TPSA) is 107 Å². The molecule has 1 aliphatic heterocycles. The summed E-state index contributed by atoms with van der Waals surface area (Å²) < 4.78 is 0. The molecule has 0 saturated carbocycles. The van der Waals surface area contributed by atoms with E-state index in [0.29, 0.717) is 10.5 Å². The molecule has 1 saturated heterocycles. The number of aliphatic carboxylic acids is 1. The Labute approximate surface area is 150 Å². The number of carbonyl (C=O) groups excluding carboxylic acids is 2. The highest BCUT2D eigenvalue weighted by atomic mass is 32.2. The molecule has 1 fully saturated rings. The predicted molar refractivity (Wildman–Crippen MR) is 93.6 cm³/mol. The molecule has 0 aliphatic carbocycles. The van der Waals surface area contributed by atoms with Gasteiger partial charge in [-0.05, 0) is 31.9 Å². The summed E-state index contributed by atoms with van der Waals surface area (Å²) in [5.41, 5.74) is -1.69. The third-order valence-electron chi connectivity index (χ3n) is 4.00. The number of likely N-dealkylation sites (tertiary alicyclic amines) is 1. The number of thioether (sulfide) groups is 1. The van der Waals surface area contributed by atoms with Gasteiger partial charge in [-0.15, -0.1) is 11.8 Å². The summed E-state index contributed by atoms with van der Waals surface area (Å²) in [4.78, 5) is 37.8. The Morgan fingerprint density at radius 3 is 2.52 bits per heavy atom. The molecule has 0 aromatic heterocycles. The van der Waals surface area contributed by atoms with Crippen LogP contribution in [0.3, 0.4) is 0 Å². The molecule has 1 unspecified atom stereocenters. The molecular weight excluding hydrogens is 344 g/mol. The highest BCUT2D eigenvalue weighted by molar-refractivity contribution is 8.00. The highest BCUT2D eigenvalue weighted by Gasteiger charge is 2.30. The van der Waals surface area contributed by atoms with Crippen molar-refractivity contribution in [2.75, 3.05) is 25.4 Å². The normalized spacial score (nSPS) is 16.3. The van der Waals surface area contributed by atoms with E-state index in [2.05, 4.69) is 5.32 Å². The molecule has 1 aromatic carbocycles. The molecule has 7 nitrogen and oxygen atoms in total. The van der Waals surface area contributed by atoms with Crippen LogP contribution in [0.1, 0.15) is 30.1 Å². The van der Waals surface area contributed by atoms with Crippen LogP contribution in [-0.4, -0.2) is 63.9 Å². The minimum atomic E-state index is -2.04. The quantitative estimate of drug-likeness (QED) is 0.621. The summed E-state index contributed by atoms with van der Waals surface area (Å²) in [5.74, 6) is -1.60. The first-order valence-corrected chi connectivity index (χ1v) is 9.03. The second-order valence-electron chi connectivity index (χ2n) is 6.13. The van der Waals surface area contributed by atoms with Crippen molar-refractivity contribution in [1.29, 1.82) is 0 Å². The van der Waals surface area contributed by atoms with Gasteiger partial charge in [0.1, 0.15) is 0 Å². The van der Waals surface area contributed by atoms with Gasteiger partial charge >= 0.3 is 5.97 Å². The summed E-state index contributed by atoms with van der Waals surface area (Å²) in [6.45, 7) is 2.27. The lowest BCUT2D eigenvalue weighted by Crippen LogP contribution is -2.46. The molecule has 136 valence electrons. The number of nitrogens with zero attached hydrogens (tertiary/aromatic N) is 1.